The summed E-state index contributed by atoms with van der Waals surface area (Å²) in [6.07, 6.45) is 1.03. The molecule has 1 aliphatic rings. The van der Waals surface area contributed by atoms with Crippen LogP contribution < -0.4 is 4.90 Å². The minimum Gasteiger partial charge on any atom is -0.610 e. The molecule has 0 radical (unpaired) electrons. The van der Waals surface area contributed by atoms with Crippen LogP contribution in [0.25, 0.3) is 0 Å². The van der Waals surface area contributed by atoms with Crippen LogP contribution in [-0.4, -0.2) is 46.9 Å². The molecule has 19 heavy (non-hydrogen) atoms. The third-order valence-corrected chi connectivity index (χ3v) is 5.16. The van der Waals surface area contributed by atoms with Gasteiger partial charge in [-0.25, -0.2) is 0 Å². The summed E-state index contributed by atoms with van der Waals surface area (Å²) in [6, 6.07) is 6.39. The van der Waals surface area contributed by atoms with Gasteiger partial charge < -0.3 is 14.4 Å². The number of anilines is 1. The Bertz CT molecular complexity index is 422. The third-order valence-electron chi connectivity index (χ3n) is 3.24. The number of hydrogen-bond donors (Lipinski definition) is 0. The van der Waals surface area contributed by atoms with Gasteiger partial charge in [0, 0.05) is 35.7 Å². The quantitative estimate of drug-likeness (QED) is 0.421. The van der Waals surface area contributed by atoms with E-state index in [1.54, 1.807) is 0 Å². The summed E-state index contributed by atoms with van der Waals surface area (Å²) in [5, 5.41) is 0. The fourth-order valence-corrected chi connectivity index (χ4v) is 4.30. The molecule has 108 valence electrons. The average molecular weight is 415 g/mol. The van der Waals surface area contributed by atoms with Crippen LogP contribution in [0, 0.1) is 0 Å². The highest BCUT2D eigenvalue weighted by atomic mass is 127. The lowest BCUT2D eigenvalue weighted by Gasteiger charge is -2.15. The van der Waals surface area contributed by atoms with Crippen LogP contribution in [0.2, 0.25) is 0 Å². The zero-order valence-electron chi connectivity index (χ0n) is 11.3. The number of rotatable bonds is 5. The molecule has 0 amide bonds. The normalized spacial score (nSPS) is 17.5. The van der Waals surface area contributed by atoms with Gasteiger partial charge in [0.1, 0.15) is 0 Å². The maximum absolute atomic E-state index is 11.9. The maximum Gasteiger partial charge on any atom is 0.183 e. The van der Waals surface area contributed by atoms with Crippen molar-refractivity contribution in [2.45, 2.75) is 11.3 Å². The van der Waals surface area contributed by atoms with Crippen molar-refractivity contribution in [3.63, 3.8) is 0 Å². The summed E-state index contributed by atoms with van der Waals surface area (Å²) in [5.74, 6) is 0.632. The zero-order chi connectivity index (χ0) is 13.1. The molecule has 6 heteroatoms. The minimum absolute atomic E-state index is 0. The van der Waals surface area contributed by atoms with Gasteiger partial charge in [0.15, 0.2) is 10.8 Å². The lowest BCUT2D eigenvalue weighted by molar-refractivity contribution is 0.362. The Morgan fingerprint density at radius 1 is 1.42 bits per heavy atom. The summed E-state index contributed by atoms with van der Waals surface area (Å²) in [4.78, 5) is 5.41. The van der Waals surface area contributed by atoms with Gasteiger partial charge in [0.2, 0.25) is 0 Å². The van der Waals surface area contributed by atoms with E-state index in [2.05, 4.69) is 57.6 Å². The van der Waals surface area contributed by atoms with E-state index in [4.69, 9.17) is 0 Å². The molecule has 0 saturated heterocycles. The van der Waals surface area contributed by atoms with Gasteiger partial charge in [-0.1, -0.05) is 28.7 Å². The largest absolute Gasteiger partial charge is 0.610 e. The second-order valence-corrected chi connectivity index (χ2v) is 7.18. The molecule has 0 saturated carbocycles. The first kappa shape index (κ1) is 17.4. The fraction of sp³-hybridized carbons (Fsp3) is 0.538. The zero-order valence-corrected chi connectivity index (χ0v) is 15.1. The van der Waals surface area contributed by atoms with E-state index >= 15 is 0 Å². The summed E-state index contributed by atoms with van der Waals surface area (Å²) >= 11 is 1.55. The molecule has 0 spiro atoms. The van der Waals surface area contributed by atoms with Crippen molar-refractivity contribution >= 4 is 51.9 Å². The van der Waals surface area contributed by atoms with E-state index in [1.165, 1.54) is 5.56 Å². The first-order valence-electron chi connectivity index (χ1n) is 6.09. The molecule has 0 aromatic heterocycles. The predicted octanol–water partition coefficient (Wildman–Crippen LogP) is 2.53. The fourth-order valence-electron chi connectivity index (χ4n) is 2.10. The van der Waals surface area contributed by atoms with Crippen molar-refractivity contribution < 1.29 is 4.55 Å². The second kappa shape index (κ2) is 7.93. The molecule has 0 N–H and O–H groups in total. The molecule has 1 aromatic carbocycles. The van der Waals surface area contributed by atoms with Crippen molar-refractivity contribution in [1.29, 1.82) is 0 Å². The Morgan fingerprint density at radius 3 is 2.84 bits per heavy atom. The highest BCUT2D eigenvalue weighted by molar-refractivity contribution is 14.1. The number of halogens is 2. The molecule has 1 heterocycles. The molecule has 3 nitrogen and oxygen atoms in total. The number of likely N-dealkylation sites (N-methyl/N-ethyl adjacent to an activating group) is 1. The first-order chi connectivity index (χ1) is 8.61. The van der Waals surface area contributed by atoms with Crippen LogP contribution in [0.1, 0.15) is 5.56 Å². The van der Waals surface area contributed by atoms with Gasteiger partial charge in [-0.05, 0) is 31.2 Å². The molecule has 0 fully saturated rings. The first-order valence-corrected chi connectivity index (χ1v) is 8.93. The van der Waals surface area contributed by atoms with Crippen LogP contribution in [0.15, 0.2) is 23.1 Å². The molecule has 0 aliphatic carbocycles. The van der Waals surface area contributed by atoms with Crippen LogP contribution in [0.4, 0.5) is 5.69 Å². The Hall–Kier alpha value is 0.310. The Balaban J connectivity index is 0.00000180. The Kier molecular flexibility index (Phi) is 7.24. The number of nitrogens with zero attached hydrogens (tertiary/aromatic N) is 2. The van der Waals surface area contributed by atoms with Gasteiger partial charge in [-0.2, -0.15) is 0 Å². The highest BCUT2D eigenvalue weighted by Gasteiger charge is 2.28. The van der Waals surface area contributed by atoms with Gasteiger partial charge >= 0.3 is 0 Å². The smallest absolute Gasteiger partial charge is 0.183 e. The van der Waals surface area contributed by atoms with Crippen LogP contribution in [-0.2, 0) is 17.6 Å². The number of hydrogen-bond acceptors (Lipinski definition) is 3. The van der Waals surface area contributed by atoms with Crippen LogP contribution in [0.5, 0.6) is 0 Å². The van der Waals surface area contributed by atoms with E-state index in [-0.39, 0.29) is 12.4 Å². The van der Waals surface area contributed by atoms with Crippen molar-refractivity contribution in [1.82, 2.24) is 4.90 Å². The van der Waals surface area contributed by atoms with Gasteiger partial charge in [-0.3, -0.25) is 0 Å². The minimum atomic E-state index is -0.845. The van der Waals surface area contributed by atoms with E-state index in [0.717, 1.165) is 34.5 Å². The lowest BCUT2D eigenvalue weighted by Crippen LogP contribution is -2.23. The number of alkyl halides is 1. The van der Waals surface area contributed by atoms with Crippen molar-refractivity contribution in [3.05, 3.63) is 23.8 Å². The summed E-state index contributed by atoms with van der Waals surface area (Å²) in [5.41, 5.74) is 2.41. The second-order valence-electron chi connectivity index (χ2n) is 4.72. The third kappa shape index (κ3) is 4.39. The average Bonchev–Trinajstić information content (AvgIpc) is 2.63. The molecule has 1 aliphatic heterocycles. The van der Waals surface area contributed by atoms with Crippen LogP contribution in [0.3, 0.4) is 0 Å². The lowest BCUT2D eigenvalue weighted by atomic mass is 10.1. The number of benzene rings is 1. The van der Waals surface area contributed by atoms with Crippen molar-refractivity contribution in [2.75, 3.05) is 42.4 Å². The molecular weight excluding hydrogens is 395 g/mol. The van der Waals surface area contributed by atoms with Crippen molar-refractivity contribution in [3.8, 4) is 0 Å². The summed E-state index contributed by atoms with van der Waals surface area (Å²) in [7, 11) is 4.15. The molecule has 2 rings (SSSR count). The van der Waals surface area contributed by atoms with Crippen molar-refractivity contribution in [2.24, 2.45) is 0 Å². The molecule has 1 aromatic rings. The summed E-state index contributed by atoms with van der Waals surface area (Å²) < 4.78 is 13.1. The summed E-state index contributed by atoms with van der Waals surface area (Å²) in [6.45, 7) is 2.18. The van der Waals surface area contributed by atoms with E-state index in [9.17, 15) is 4.55 Å². The molecule has 0 bridgehead atoms. The SMILES string of the molecule is CN(CCI)CCc1ccc2c(c1)[S+]([O-])CN2C.Cl. The van der Waals surface area contributed by atoms with Gasteiger partial charge in [0.05, 0.1) is 5.69 Å². The maximum atomic E-state index is 11.9. The monoisotopic (exact) mass is 414 g/mol. The molecular formula is C13H20ClIN2OS. The number of fused-ring (bicyclic) bond motifs is 1. The van der Waals surface area contributed by atoms with Crippen LogP contribution >= 0.6 is 35.0 Å². The van der Waals surface area contributed by atoms with Gasteiger partial charge in [-0.15, -0.1) is 12.4 Å². The molecule has 1 unspecified atom stereocenters. The Morgan fingerprint density at radius 2 is 2.16 bits per heavy atom. The van der Waals surface area contributed by atoms with Gasteiger partial charge in [0.25, 0.3) is 0 Å². The predicted molar refractivity (Wildman–Crippen MR) is 93.5 cm³/mol. The van der Waals surface area contributed by atoms with E-state index in [1.807, 2.05) is 7.05 Å². The topological polar surface area (TPSA) is 29.5 Å². The van der Waals surface area contributed by atoms with E-state index < -0.39 is 11.2 Å². The molecule has 1 atom stereocenters. The standard InChI is InChI=1S/C13H19IN2OS.ClH/c1-15(8-6-14)7-5-11-3-4-12-13(9-11)18(17)10-16(12)2;/h3-4,9H,5-8,10H2,1-2H3;1H. The highest BCUT2D eigenvalue weighted by Crippen LogP contribution is 2.33. The van der Waals surface area contributed by atoms with E-state index in [0.29, 0.717) is 5.88 Å². The Labute approximate surface area is 138 Å².